The highest BCUT2D eigenvalue weighted by molar-refractivity contribution is 6.46. The number of aliphatic imine (C=N–C) groups is 2. The van der Waals surface area contributed by atoms with Gasteiger partial charge in [-0.3, -0.25) is 4.79 Å². The number of halogens is 1. The first-order valence-corrected chi connectivity index (χ1v) is 7.56. The standard InChI is InChI=1S/C16H16FN5O3/c1-8-5-10(3-4-11(8)17)7-18-14(23)12-6-13(15(24)25)22-16(20-12)19-9(2)21-22/h3-6,9,21H,7H2,1-2H3,(H,18,23)(H,24,25). The maximum Gasteiger partial charge on any atom is 0.354 e. The topological polar surface area (TPSA) is 106 Å². The lowest BCUT2D eigenvalue weighted by molar-refractivity contribution is -0.134. The monoisotopic (exact) mass is 345 g/mol. The molecule has 1 atom stereocenters. The molecule has 0 aromatic heterocycles. The summed E-state index contributed by atoms with van der Waals surface area (Å²) >= 11 is 0. The number of carbonyl (C=O) groups excluding carboxylic acids is 1. The van der Waals surface area contributed by atoms with Gasteiger partial charge in [0.15, 0.2) is 0 Å². The maximum atomic E-state index is 13.3. The van der Waals surface area contributed by atoms with Crippen LogP contribution in [0.5, 0.6) is 0 Å². The molecular weight excluding hydrogens is 329 g/mol. The van der Waals surface area contributed by atoms with E-state index in [1.54, 1.807) is 26.0 Å². The number of hydrogen-bond acceptors (Lipinski definition) is 6. The molecule has 25 heavy (non-hydrogen) atoms. The summed E-state index contributed by atoms with van der Waals surface area (Å²) in [6.07, 6.45) is 0.837. The first-order chi connectivity index (χ1) is 11.8. The Hall–Kier alpha value is -3.07. The smallest absolute Gasteiger partial charge is 0.354 e. The normalized spacial score (nSPS) is 18.9. The highest BCUT2D eigenvalue weighted by atomic mass is 19.1. The van der Waals surface area contributed by atoms with Gasteiger partial charge in [0.1, 0.15) is 23.4 Å². The molecule has 1 aromatic rings. The number of aliphatic carboxylic acids is 1. The van der Waals surface area contributed by atoms with Crippen LogP contribution < -0.4 is 10.7 Å². The van der Waals surface area contributed by atoms with Gasteiger partial charge in [-0.15, -0.1) is 0 Å². The van der Waals surface area contributed by atoms with Gasteiger partial charge in [-0.25, -0.2) is 29.6 Å². The molecule has 2 heterocycles. The molecule has 2 aliphatic rings. The lowest BCUT2D eigenvalue weighted by Crippen LogP contribution is -2.44. The molecule has 0 radical (unpaired) electrons. The number of carbonyl (C=O) groups is 2. The van der Waals surface area contributed by atoms with Gasteiger partial charge in [-0.05, 0) is 31.0 Å². The van der Waals surface area contributed by atoms with Crippen molar-refractivity contribution < 1.29 is 19.1 Å². The first kappa shape index (κ1) is 16.8. The summed E-state index contributed by atoms with van der Waals surface area (Å²) < 4.78 is 13.3. The minimum atomic E-state index is -1.20. The highest BCUT2D eigenvalue weighted by Gasteiger charge is 2.33. The van der Waals surface area contributed by atoms with Crippen LogP contribution >= 0.6 is 0 Å². The largest absolute Gasteiger partial charge is 0.477 e. The van der Waals surface area contributed by atoms with Crippen molar-refractivity contribution in [1.82, 2.24) is 15.8 Å². The summed E-state index contributed by atoms with van der Waals surface area (Å²) in [6, 6.07) is 4.53. The molecule has 1 amide bonds. The third-order valence-electron chi connectivity index (χ3n) is 3.69. The molecule has 1 aromatic carbocycles. The first-order valence-electron chi connectivity index (χ1n) is 7.56. The number of carboxylic acid groups (broad SMARTS) is 1. The Morgan fingerprint density at radius 3 is 2.88 bits per heavy atom. The minimum Gasteiger partial charge on any atom is -0.477 e. The summed E-state index contributed by atoms with van der Waals surface area (Å²) in [5.74, 6) is -1.94. The van der Waals surface area contributed by atoms with E-state index in [9.17, 15) is 19.1 Å². The van der Waals surface area contributed by atoms with Gasteiger partial charge in [0.2, 0.25) is 5.96 Å². The summed E-state index contributed by atoms with van der Waals surface area (Å²) in [5.41, 5.74) is 3.83. The Labute approximate surface area is 142 Å². The Bertz CT molecular complexity index is 846. The second-order valence-corrected chi connectivity index (χ2v) is 5.67. The molecule has 0 fully saturated rings. The molecular formula is C16H16FN5O3. The number of hydrazine groups is 1. The van der Waals surface area contributed by atoms with Gasteiger partial charge in [0.05, 0.1) is 0 Å². The minimum absolute atomic E-state index is 0.0536. The summed E-state index contributed by atoms with van der Waals surface area (Å²) in [7, 11) is 0. The summed E-state index contributed by atoms with van der Waals surface area (Å²) in [4.78, 5) is 31.9. The fourth-order valence-electron chi connectivity index (χ4n) is 2.46. The predicted octanol–water partition coefficient (Wildman–Crippen LogP) is 0.696. The second kappa shape index (κ2) is 6.44. The van der Waals surface area contributed by atoms with Gasteiger partial charge in [0, 0.05) is 12.6 Å². The SMILES string of the molecule is Cc1cc(CNC(=O)C2=NC3=NC(C)NN3C(C(=O)O)=C2)ccc1F. The van der Waals surface area contributed by atoms with E-state index < -0.39 is 11.9 Å². The molecule has 0 aliphatic carbocycles. The number of guanidine groups is 1. The van der Waals surface area contributed by atoms with E-state index in [2.05, 4.69) is 20.7 Å². The van der Waals surface area contributed by atoms with Crippen LogP contribution in [0.2, 0.25) is 0 Å². The van der Waals surface area contributed by atoms with Crippen LogP contribution in [0, 0.1) is 12.7 Å². The van der Waals surface area contributed by atoms with Crippen molar-refractivity contribution in [3.05, 3.63) is 46.9 Å². The second-order valence-electron chi connectivity index (χ2n) is 5.67. The van der Waals surface area contributed by atoms with Crippen molar-refractivity contribution in [2.75, 3.05) is 0 Å². The number of hydrogen-bond donors (Lipinski definition) is 3. The quantitative estimate of drug-likeness (QED) is 0.745. The van der Waals surface area contributed by atoms with Crippen molar-refractivity contribution >= 4 is 23.5 Å². The van der Waals surface area contributed by atoms with Crippen molar-refractivity contribution in [1.29, 1.82) is 0 Å². The van der Waals surface area contributed by atoms with Crippen LogP contribution in [0.4, 0.5) is 4.39 Å². The van der Waals surface area contributed by atoms with E-state index in [0.29, 0.717) is 5.56 Å². The number of aryl methyl sites for hydroxylation is 1. The Balaban J connectivity index is 1.76. The van der Waals surface area contributed by atoms with Gasteiger partial charge >= 0.3 is 5.97 Å². The molecule has 0 saturated carbocycles. The third-order valence-corrected chi connectivity index (χ3v) is 3.69. The lowest BCUT2D eigenvalue weighted by atomic mass is 10.1. The van der Waals surface area contributed by atoms with Gasteiger partial charge < -0.3 is 10.4 Å². The van der Waals surface area contributed by atoms with Crippen LogP contribution in [0.15, 0.2) is 40.0 Å². The highest BCUT2D eigenvalue weighted by Crippen LogP contribution is 2.17. The fraction of sp³-hybridized carbons (Fsp3) is 0.250. The van der Waals surface area contributed by atoms with Crippen molar-refractivity contribution in [2.24, 2.45) is 9.98 Å². The number of nitrogens with one attached hydrogen (secondary N) is 2. The van der Waals surface area contributed by atoms with E-state index in [1.165, 1.54) is 17.2 Å². The zero-order chi connectivity index (χ0) is 18.1. The Kier molecular flexibility index (Phi) is 4.32. The number of nitrogens with zero attached hydrogens (tertiary/aromatic N) is 3. The molecule has 3 rings (SSSR count). The Morgan fingerprint density at radius 1 is 1.44 bits per heavy atom. The number of amides is 1. The van der Waals surface area contributed by atoms with Gasteiger partial charge in [-0.1, -0.05) is 12.1 Å². The van der Waals surface area contributed by atoms with E-state index in [-0.39, 0.29) is 35.9 Å². The molecule has 0 bridgehead atoms. The number of carboxylic acids is 1. The lowest BCUT2D eigenvalue weighted by Gasteiger charge is -2.22. The van der Waals surface area contributed by atoms with E-state index in [4.69, 9.17) is 0 Å². The molecule has 130 valence electrons. The molecule has 9 heteroatoms. The van der Waals surface area contributed by atoms with Crippen LogP contribution in [-0.2, 0) is 16.1 Å². The van der Waals surface area contributed by atoms with E-state index in [0.717, 1.165) is 5.56 Å². The zero-order valence-electron chi connectivity index (χ0n) is 13.6. The zero-order valence-corrected chi connectivity index (χ0v) is 13.6. The number of rotatable bonds is 4. The molecule has 1 unspecified atom stereocenters. The fourth-order valence-corrected chi connectivity index (χ4v) is 2.46. The average molecular weight is 345 g/mol. The summed E-state index contributed by atoms with van der Waals surface area (Å²) in [5, 5.41) is 13.2. The van der Waals surface area contributed by atoms with Crippen LogP contribution in [0.3, 0.4) is 0 Å². The third kappa shape index (κ3) is 3.41. The van der Waals surface area contributed by atoms with Crippen LogP contribution in [0.1, 0.15) is 18.1 Å². The van der Waals surface area contributed by atoms with E-state index in [1.807, 2.05) is 0 Å². The van der Waals surface area contributed by atoms with E-state index >= 15 is 0 Å². The average Bonchev–Trinajstić information content (AvgIpc) is 2.94. The van der Waals surface area contributed by atoms with Crippen molar-refractivity contribution in [2.45, 2.75) is 26.6 Å². The van der Waals surface area contributed by atoms with Crippen molar-refractivity contribution in [3.63, 3.8) is 0 Å². The predicted molar refractivity (Wildman–Crippen MR) is 88.0 cm³/mol. The molecule has 2 aliphatic heterocycles. The van der Waals surface area contributed by atoms with Gasteiger partial charge in [0.25, 0.3) is 5.91 Å². The molecule has 3 N–H and O–H groups in total. The molecule has 0 saturated heterocycles. The Morgan fingerprint density at radius 2 is 2.20 bits per heavy atom. The van der Waals surface area contributed by atoms with Crippen molar-refractivity contribution in [3.8, 4) is 0 Å². The van der Waals surface area contributed by atoms with Crippen LogP contribution in [-0.4, -0.2) is 39.8 Å². The maximum absolute atomic E-state index is 13.3. The van der Waals surface area contributed by atoms with Crippen LogP contribution in [0.25, 0.3) is 0 Å². The summed E-state index contributed by atoms with van der Waals surface area (Å²) in [6.45, 7) is 3.53. The molecule has 0 spiro atoms. The van der Waals surface area contributed by atoms with Gasteiger partial charge in [-0.2, -0.15) is 0 Å². The molecule has 8 nitrogen and oxygen atoms in total. The number of benzene rings is 1. The number of fused-ring (bicyclic) bond motifs is 1.